The summed E-state index contributed by atoms with van der Waals surface area (Å²) >= 11 is 0. The molecule has 1 aliphatic rings. The standard InChI is InChI=1S/C17H20N4O5S/c1-11-8-15(20-26-11)19-17(23)13-9-16(22)21(10-13)7-6-12-2-4-14(5-3-12)27(18,24)25/h2-5,8,13H,6-7,9-10H2,1H3,(H2,18,24,25)(H,19,20,23). The van der Waals surface area contributed by atoms with Gasteiger partial charge < -0.3 is 14.7 Å². The third-order valence-electron chi connectivity index (χ3n) is 4.39. The predicted octanol–water partition coefficient (Wildman–Crippen LogP) is 0.660. The summed E-state index contributed by atoms with van der Waals surface area (Å²) in [5.41, 5.74) is 0.876. The molecule has 27 heavy (non-hydrogen) atoms. The average molecular weight is 392 g/mol. The van der Waals surface area contributed by atoms with Crippen molar-refractivity contribution in [1.29, 1.82) is 0 Å². The largest absolute Gasteiger partial charge is 0.360 e. The van der Waals surface area contributed by atoms with E-state index in [0.717, 1.165) is 5.56 Å². The average Bonchev–Trinajstić information content (AvgIpc) is 3.18. The number of aromatic nitrogens is 1. The fourth-order valence-electron chi connectivity index (χ4n) is 2.93. The monoisotopic (exact) mass is 392 g/mol. The highest BCUT2D eigenvalue weighted by molar-refractivity contribution is 7.89. The van der Waals surface area contributed by atoms with Gasteiger partial charge in [-0.05, 0) is 31.0 Å². The molecular formula is C17H20N4O5S. The highest BCUT2D eigenvalue weighted by atomic mass is 32.2. The Kier molecular flexibility index (Phi) is 5.29. The molecule has 0 bridgehead atoms. The molecule has 0 aliphatic carbocycles. The molecule has 3 rings (SSSR count). The first-order valence-corrected chi connectivity index (χ1v) is 9.91. The van der Waals surface area contributed by atoms with Crippen molar-refractivity contribution >= 4 is 27.7 Å². The Morgan fingerprint density at radius 3 is 2.67 bits per heavy atom. The normalized spacial score (nSPS) is 17.3. The molecule has 3 N–H and O–H groups in total. The number of sulfonamides is 1. The Hall–Kier alpha value is -2.72. The Labute approximate surface area is 156 Å². The molecule has 10 heteroatoms. The van der Waals surface area contributed by atoms with Crippen molar-refractivity contribution in [3.8, 4) is 0 Å². The number of carbonyl (C=O) groups excluding carboxylic acids is 2. The van der Waals surface area contributed by atoms with Crippen LogP contribution >= 0.6 is 0 Å². The summed E-state index contributed by atoms with van der Waals surface area (Å²) in [4.78, 5) is 26.1. The van der Waals surface area contributed by atoms with Gasteiger partial charge in [0.2, 0.25) is 21.8 Å². The highest BCUT2D eigenvalue weighted by Gasteiger charge is 2.34. The summed E-state index contributed by atoms with van der Waals surface area (Å²) in [7, 11) is -3.72. The molecule has 2 amide bonds. The van der Waals surface area contributed by atoms with Gasteiger partial charge >= 0.3 is 0 Å². The second-order valence-electron chi connectivity index (χ2n) is 6.49. The lowest BCUT2D eigenvalue weighted by atomic mass is 10.1. The van der Waals surface area contributed by atoms with Crippen LogP contribution in [0.4, 0.5) is 5.82 Å². The summed E-state index contributed by atoms with van der Waals surface area (Å²) in [6, 6.07) is 7.81. The molecule has 0 saturated carbocycles. The van der Waals surface area contributed by atoms with E-state index in [2.05, 4.69) is 10.5 Å². The lowest BCUT2D eigenvalue weighted by Crippen LogP contribution is -2.30. The summed E-state index contributed by atoms with van der Waals surface area (Å²) in [5.74, 6) is 0.116. The molecule has 1 atom stereocenters. The predicted molar refractivity (Wildman–Crippen MR) is 96.1 cm³/mol. The zero-order valence-electron chi connectivity index (χ0n) is 14.7. The molecular weight excluding hydrogens is 372 g/mol. The maximum atomic E-state index is 12.3. The first kappa shape index (κ1) is 19.1. The van der Waals surface area contributed by atoms with Gasteiger partial charge in [0.1, 0.15) is 5.76 Å². The van der Waals surface area contributed by atoms with Gasteiger partial charge in [-0.3, -0.25) is 9.59 Å². The minimum atomic E-state index is -3.72. The number of nitrogens with zero attached hydrogens (tertiary/aromatic N) is 2. The van der Waals surface area contributed by atoms with Gasteiger partial charge in [-0.1, -0.05) is 17.3 Å². The van der Waals surface area contributed by atoms with Crippen molar-refractivity contribution in [1.82, 2.24) is 10.1 Å². The van der Waals surface area contributed by atoms with Crippen LogP contribution in [0.2, 0.25) is 0 Å². The van der Waals surface area contributed by atoms with Gasteiger partial charge in [-0.25, -0.2) is 13.6 Å². The molecule has 2 heterocycles. The maximum Gasteiger partial charge on any atom is 0.238 e. The van der Waals surface area contributed by atoms with Crippen LogP contribution in [0.1, 0.15) is 17.7 Å². The molecule has 144 valence electrons. The molecule has 0 spiro atoms. The number of benzene rings is 1. The molecule has 1 saturated heterocycles. The van der Waals surface area contributed by atoms with Crippen LogP contribution in [0.3, 0.4) is 0 Å². The van der Waals surface area contributed by atoms with Crippen LogP contribution in [-0.2, 0) is 26.0 Å². The smallest absolute Gasteiger partial charge is 0.238 e. The van der Waals surface area contributed by atoms with Gasteiger partial charge in [0, 0.05) is 25.6 Å². The quantitative estimate of drug-likeness (QED) is 0.741. The van der Waals surface area contributed by atoms with Crippen LogP contribution in [0.25, 0.3) is 0 Å². The third-order valence-corrected chi connectivity index (χ3v) is 5.32. The van der Waals surface area contributed by atoms with Crippen LogP contribution in [0.5, 0.6) is 0 Å². The topological polar surface area (TPSA) is 136 Å². The molecule has 0 radical (unpaired) electrons. The number of amides is 2. The van der Waals surface area contributed by atoms with Crippen LogP contribution in [-0.4, -0.2) is 43.4 Å². The van der Waals surface area contributed by atoms with E-state index in [-0.39, 0.29) is 23.1 Å². The van der Waals surface area contributed by atoms with Gasteiger partial charge in [0.05, 0.1) is 10.8 Å². The molecule has 1 aliphatic heterocycles. The van der Waals surface area contributed by atoms with Crippen LogP contribution < -0.4 is 10.5 Å². The SMILES string of the molecule is Cc1cc(NC(=O)C2CC(=O)N(CCc3ccc(S(N)(=O)=O)cc3)C2)no1. The van der Waals surface area contributed by atoms with E-state index in [0.29, 0.717) is 31.1 Å². The second-order valence-corrected chi connectivity index (χ2v) is 8.05. The Bertz CT molecular complexity index is 952. The maximum absolute atomic E-state index is 12.3. The van der Waals surface area contributed by atoms with Gasteiger partial charge in [-0.2, -0.15) is 0 Å². The zero-order valence-corrected chi connectivity index (χ0v) is 15.5. The van der Waals surface area contributed by atoms with Gasteiger partial charge in [0.15, 0.2) is 5.82 Å². The summed E-state index contributed by atoms with van der Waals surface area (Å²) < 4.78 is 27.4. The van der Waals surface area contributed by atoms with E-state index in [1.165, 1.54) is 12.1 Å². The van der Waals surface area contributed by atoms with E-state index in [4.69, 9.17) is 9.66 Å². The number of nitrogens with one attached hydrogen (secondary N) is 1. The number of primary sulfonamides is 1. The lowest BCUT2D eigenvalue weighted by Gasteiger charge is -2.16. The van der Waals surface area contributed by atoms with Crippen molar-refractivity contribution in [2.45, 2.75) is 24.7 Å². The van der Waals surface area contributed by atoms with Crippen molar-refractivity contribution in [2.75, 3.05) is 18.4 Å². The van der Waals surface area contributed by atoms with Gasteiger partial charge in [-0.15, -0.1) is 0 Å². The first-order valence-electron chi connectivity index (χ1n) is 8.36. The summed E-state index contributed by atoms with van der Waals surface area (Å²) in [5, 5.41) is 11.4. The number of nitrogens with two attached hydrogens (primary N) is 1. The van der Waals surface area contributed by atoms with E-state index >= 15 is 0 Å². The summed E-state index contributed by atoms with van der Waals surface area (Å²) in [6.45, 7) is 2.50. The number of hydrogen-bond acceptors (Lipinski definition) is 6. The minimum absolute atomic E-state index is 0.0447. The molecule has 9 nitrogen and oxygen atoms in total. The lowest BCUT2D eigenvalue weighted by molar-refractivity contribution is -0.128. The Morgan fingerprint density at radius 2 is 2.07 bits per heavy atom. The second kappa shape index (κ2) is 7.49. The number of anilines is 1. The van der Waals surface area contributed by atoms with Crippen LogP contribution in [0, 0.1) is 12.8 Å². The number of rotatable bonds is 6. The molecule has 2 aromatic rings. The van der Waals surface area contributed by atoms with Crippen LogP contribution in [0.15, 0.2) is 39.8 Å². The molecule has 1 aromatic carbocycles. The number of hydrogen-bond donors (Lipinski definition) is 2. The van der Waals surface area contributed by atoms with Crippen molar-refractivity contribution in [3.05, 3.63) is 41.7 Å². The third kappa shape index (κ3) is 4.72. The number of likely N-dealkylation sites (tertiary alicyclic amines) is 1. The summed E-state index contributed by atoms with van der Waals surface area (Å²) in [6.07, 6.45) is 0.695. The molecule has 1 aromatic heterocycles. The van der Waals surface area contributed by atoms with E-state index in [1.54, 1.807) is 30.0 Å². The fourth-order valence-corrected chi connectivity index (χ4v) is 3.44. The minimum Gasteiger partial charge on any atom is -0.360 e. The van der Waals surface area contributed by atoms with E-state index < -0.39 is 15.9 Å². The van der Waals surface area contributed by atoms with E-state index in [9.17, 15) is 18.0 Å². The number of aryl methyl sites for hydroxylation is 1. The Morgan fingerprint density at radius 1 is 1.37 bits per heavy atom. The van der Waals surface area contributed by atoms with Crippen molar-refractivity contribution in [3.63, 3.8) is 0 Å². The fraction of sp³-hybridized carbons (Fsp3) is 0.353. The molecule has 1 unspecified atom stereocenters. The van der Waals surface area contributed by atoms with E-state index in [1.807, 2.05) is 0 Å². The van der Waals surface area contributed by atoms with Crippen molar-refractivity contribution in [2.24, 2.45) is 11.1 Å². The zero-order chi connectivity index (χ0) is 19.6. The van der Waals surface area contributed by atoms with Crippen molar-refractivity contribution < 1.29 is 22.5 Å². The Balaban J connectivity index is 1.54. The number of carbonyl (C=O) groups is 2. The highest BCUT2D eigenvalue weighted by Crippen LogP contribution is 2.20. The van der Waals surface area contributed by atoms with Gasteiger partial charge in [0.25, 0.3) is 0 Å². The first-order chi connectivity index (χ1) is 12.7. The molecule has 1 fully saturated rings.